The van der Waals surface area contributed by atoms with Crippen molar-refractivity contribution in [1.29, 1.82) is 0 Å². The van der Waals surface area contributed by atoms with Gasteiger partial charge in [0.15, 0.2) is 0 Å². The van der Waals surface area contributed by atoms with Gasteiger partial charge < -0.3 is 0 Å². The predicted molar refractivity (Wildman–Crippen MR) is 181 cm³/mol. The van der Waals surface area contributed by atoms with E-state index >= 15 is 0 Å². The normalized spacial score (nSPS) is 16.2. The second-order valence-corrected chi connectivity index (χ2v) is 28.0. The molecule has 2 aliphatic rings. The van der Waals surface area contributed by atoms with Gasteiger partial charge in [0.05, 0.1) is 0 Å². The predicted octanol–water partition coefficient (Wildman–Crippen LogP) is 8.94. The molecule has 0 N–H and O–H groups in total. The summed E-state index contributed by atoms with van der Waals surface area (Å²) in [6, 6.07) is 29.6. The number of benzene rings is 4. The minimum atomic E-state index is -3.99. The number of hydrogen-bond acceptors (Lipinski definition) is 0. The Kier molecular flexibility index (Phi) is 8.69. The summed E-state index contributed by atoms with van der Waals surface area (Å²) >= 11 is -3.99. The van der Waals surface area contributed by atoms with Crippen molar-refractivity contribution in [2.45, 2.75) is 69.3 Å². The van der Waals surface area contributed by atoms with E-state index in [1.165, 1.54) is 76.6 Å². The molecule has 4 aromatic carbocycles. The monoisotopic (exact) mass is 672 g/mol. The first-order valence-electron chi connectivity index (χ1n) is 15.4. The van der Waals surface area contributed by atoms with E-state index in [9.17, 15) is 0 Å². The number of unbranched alkanes of at least 4 members (excludes halogenated alkanes) is 1. The summed E-state index contributed by atoms with van der Waals surface area (Å²) in [6.45, 7) is 9.19. The molecule has 0 radical (unpaired) electrons. The van der Waals surface area contributed by atoms with Crippen LogP contribution in [-0.4, -0.2) is 9.52 Å². The van der Waals surface area contributed by atoms with Gasteiger partial charge in [-0.3, -0.25) is 0 Å². The third-order valence-electron chi connectivity index (χ3n) is 9.14. The second kappa shape index (κ2) is 12.1. The minimum absolute atomic E-state index is 0.138. The van der Waals surface area contributed by atoms with Crippen molar-refractivity contribution in [2.24, 2.45) is 0 Å². The van der Waals surface area contributed by atoms with E-state index in [1.807, 2.05) is 0 Å². The van der Waals surface area contributed by atoms with Gasteiger partial charge in [0.2, 0.25) is 0 Å². The Hall–Kier alpha value is -1.70. The van der Waals surface area contributed by atoms with Crippen LogP contribution in [-0.2, 0) is 24.3 Å². The van der Waals surface area contributed by atoms with E-state index in [0.717, 1.165) is 19.3 Å². The van der Waals surface area contributed by atoms with E-state index in [2.05, 4.69) is 113 Å². The molecule has 1 atom stereocenters. The molecular formula is C37H40Cl2SiZr. The van der Waals surface area contributed by atoms with Crippen LogP contribution in [0.5, 0.6) is 0 Å². The molecular weight excluding hydrogens is 635 g/mol. The van der Waals surface area contributed by atoms with Crippen LogP contribution in [0, 0.1) is 0 Å². The number of rotatable bonds is 9. The maximum atomic E-state index is 7.93. The maximum absolute atomic E-state index is 7.93. The van der Waals surface area contributed by atoms with Crippen LogP contribution in [0.3, 0.4) is 0 Å². The van der Waals surface area contributed by atoms with Crippen LogP contribution < -0.4 is 13.6 Å². The molecule has 6 rings (SSSR count). The van der Waals surface area contributed by atoms with E-state index in [0.29, 0.717) is 5.92 Å². The molecule has 0 bridgehead atoms. The fourth-order valence-electron chi connectivity index (χ4n) is 7.23. The Labute approximate surface area is 260 Å². The molecule has 1 unspecified atom stereocenters. The summed E-state index contributed by atoms with van der Waals surface area (Å²) in [6.07, 6.45) is 8.12. The Morgan fingerprint density at radius 2 is 1.51 bits per heavy atom. The van der Waals surface area contributed by atoms with Gasteiger partial charge in [0.1, 0.15) is 0 Å². The van der Waals surface area contributed by atoms with E-state index in [-0.39, 0.29) is 3.63 Å². The molecule has 0 fully saturated rings. The number of aryl methyl sites for hydroxylation is 1. The topological polar surface area (TPSA) is 0 Å². The van der Waals surface area contributed by atoms with E-state index < -0.39 is 27.4 Å². The molecule has 210 valence electrons. The van der Waals surface area contributed by atoms with Crippen LogP contribution in [0.4, 0.5) is 0 Å². The Morgan fingerprint density at radius 1 is 0.780 bits per heavy atom. The molecule has 0 saturated heterocycles. The molecule has 0 amide bonds. The van der Waals surface area contributed by atoms with E-state index in [1.54, 1.807) is 0 Å². The fraction of sp³-hybridized carbons (Fsp3) is 0.297. The second-order valence-electron chi connectivity index (χ2n) is 12.1. The van der Waals surface area contributed by atoms with Gasteiger partial charge in [0, 0.05) is 0 Å². The van der Waals surface area contributed by atoms with E-state index in [4.69, 9.17) is 17.0 Å². The number of fused-ring (bicyclic) bond motifs is 4. The molecule has 0 aromatic heterocycles. The van der Waals surface area contributed by atoms with Crippen molar-refractivity contribution in [3.8, 4) is 22.3 Å². The van der Waals surface area contributed by atoms with Gasteiger partial charge in [-0.15, -0.1) is 0 Å². The summed E-state index contributed by atoms with van der Waals surface area (Å²) in [5.41, 5.74) is 12.7. The van der Waals surface area contributed by atoms with Gasteiger partial charge in [-0.1, -0.05) is 0 Å². The summed E-state index contributed by atoms with van der Waals surface area (Å²) in [5, 5.41) is 3.03. The third kappa shape index (κ3) is 5.22. The molecule has 0 spiro atoms. The molecule has 4 heteroatoms. The Balaban J connectivity index is 1.55. The first-order chi connectivity index (χ1) is 19.9. The average Bonchev–Trinajstić information content (AvgIpc) is 3.54. The van der Waals surface area contributed by atoms with Gasteiger partial charge in [-0.2, -0.15) is 0 Å². The summed E-state index contributed by atoms with van der Waals surface area (Å²) in [5.74, 6) is 0.454. The van der Waals surface area contributed by atoms with Gasteiger partial charge in [-0.25, -0.2) is 0 Å². The first-order valence-corrected chi connectivity index (χ1v) is 25.8. The Bertz CT molecular complexity index is 1630. The van der Waals surface area contributed by atoms with Crippen LogP contribution in [0.1, 0.15) is 85.2 Å². The zero-order valence-corrected chi connectivity index (χ0v) is 30.1. The van der Waals surface area contributed by atoms with Crippen molar-refractivity contribution in [3.63, 3.8) is 0 Å². The van der Waals surface area contributed by atoms with Gasteiger partial charge in [0.25, 0.3) is 0 Å². The molecule has 4 aromatic rings. The van der Waals surface area contributed by atoms with Crippen molar-refractivity contribution in [2.75, 3.05) is 0 Å². The number of halogens is 2. The number of hydrogen-bond donors (Lipinski definition) is 0. The molecule has 1 aliphatic carbocycles. The average molecular weight is 675 g/mol. The molecule has 41 heavy (non-hydrogen) atoms. The van der Waals surface area contributed by atoms with Crippen LogP contribution in [0.2, 0.25) is 0 Å². The van der Waals surface area contributed by atoms with Gasteiger partial charge >= 0.3 is 262 Å². The fourth-order valence-corrected chi connectivity index (χ4v) is 24.1. The molecule has 0 nitrogen and oxygen atoms in total. The summed E-state index contributed by atoms with van der Waals surface area (Å²) < 4.78 is 1.46. The number of allylic oxidation sites excluding steroid dienone is 1. The summed E-state index contributed by atoms with van der Waals surface area (Å²) in [4.78, 5) is 0. The zero-order chi connectivity index (χ0) is 28.7. The Morgan fingerprint density at radius 3 is 2.27 bits per heavy atom. The molecule has 1 heterocycles. The van der Waals surface area contributed by atoms with Gasteiger partial charge in [-0.05, 0) is 0 Å². The van der Waals surface area contributed by atoms with Crippen molar-refractivity contribution in [3.05, 3.63) is 107 Å². The van der Waals surface area contributed by atoms with Crippen molar-refractivity contribution in [1.82, 2.24) is 0 Å². The molecule has 1 aliphatic heterocycles. The third-order valence-corrected chi connectivity index (χ3v) is 23.5. The first kappa shape index (κ1) is 29.4. The standard InChI is InChI=1S/C25H31.C12H9Si.2ClH.Zr/c1-5-7-11-19-16-21-15-14-20(10-6-2)25(24(21)17-19)23-13-9-8-12-22(23)18(3)4;1-3-7-11-9(5-1)10-6-2-4-8-12(10)13-11;;;/h8-9,12-18H,5-7,10-11H2,1-4H3;1-7H,13H2;2*1H;/q;;;;+2/p-2. The SMILES string of the molecule is CCCCC1=Cc2c(ccc(CCC)c2-c2ccccc2C(C)C)[CH]1[Zr]([Cl])([Cl])[c]1cccc2c1[SiH2]c1ccccc1-2. The van der Waals surface area contributed by atoms with Crippen molar-refractivity contribution < 1.29 is 17.9 Å². The van der Waals surface area contributed by atoms with Crippen LogP contribution in [0.15, 0.2) is 84.4 Å². The van der Waals surface area contributed by atoms with Crippen molar-refractivity contribution >= 4 is 46.3 Å². The molecule has 0 saturated carbocycles. The zero-order valence-electron chi connectivity index (χ0n) is 24.7. The summed E-state index contributed by atoms with van der Waals surface area (Å²) in [7, 11) is 15.2. The van der Waals surface area contributed by atoms with Crippen LogP contribution >= 0.6 is 17.0 Å². The quantitative estimate of drug-likeness (QED) is 0.137. The van der Waals surface area contributed by atoms with Crippen LogP contribution in [0.25, 0.3) is 28.3 Å².